The zero-order valence-electron chi connectivity index (χ0n) is 29.5. The minimum absolute atomic E-state index is 0.0276. The summed E-state index contributed by atoms with van der Waals surface area (Å²) in [4.78, 5) is 0. The molecule has 1 fully saturated rings. The Morgan fingerprint density at radius 3 is 1.35 bits per heavy atom. The molecule has 0 aliphatic heterocycles. The summed E-state index contributed by atoms with van der Waals surface area (Å²) in [5.74, 6) is 2.66. The summed E-state index contributed by atoms with van der Waals surface area (Å²) >= 11 is 4.10. The van der Waals surface area contributed by atoms with Gasteiger partial charge >= 0.3 is 0 Å². The van der Waals surface area contributed by atoms with Crippen LogP contribution in [0.4, 0.5) is 0 Å². The van der Waals surface area contributed by atoms with Gasteiger partial charge in [0.05, 0.1) is 0 Å². The number of phenols is 2. The van der Waals surface area contributed by atoms with Gasteiger partial charge in [0, 0.05) is 38.7 Å². The Morgan fingerprint density at radius 1 is 0.581 bits per heavy atom. The van der Waals surface area contributed by atoms with Crippen molar-refractivity contribution in [3.8, 4) is 11.5 Å². The van der Waals surface area contributed by atoms with Crippen LogP contribution in [-0.4, -0.2) is 20.7 Å². The lowest BCUT2D eigenvalue weighted by atomic mass is 9.77. The molecule has 242 valence electrons. The molecule has 2 atom stereocenters. The molecule has 0 aromatic heterocycles. The predicted octanol–water partition coefficient (Wildman–Crippen LogP) is 11.9. The van der Waals surface area contributed by atoms with E-state index in [1.807, 2.05) is 11.8 Å². The van der Waals surface area contributed by atoms with Crippen LogP contribution in [-0.2, 0) is 33.2 Å². The van der Waals surface area contributed by atoms with Crippen molar-refractivity contribution in [1.82, 2.24) is 0 Å². The Balaban J connectivity index is 1.91. The van der Waals surface area contributed by atoms with Crippen molar-refractivity contribution in [3.63, 3.8) is 0 Å². The molecule has 3 rings (SSSR count). The van der Waals surface area contributed by atoms with E-state index in [1.165, 1.54) is 49.7 Å². The summed E-state index contributed by atoms with van der Waals surface area (Å²) in [6.07, 6.45) is 8.61. The summed E-state index contributed by atoms with van der Waals surface area (Å²) in [5, 5.41) is 24.1. The first-order chi connectivity index (χ1) is 19.8. The average molecular weight is 627 g/mol. The minimum atomic E-state index is -0.113. The Hall–Kier alpha value is -1.26. The molecule has 2 nitrogen and oxygen atoms in total. The van der Waals surface area contributed by atoms with Crippen molar-refractivity contribution in [1.29, 1.82) is 0 Å². The van der Waals surface area contributed by atoms with Crippen molar-refractivity contribution in [3.05, 3.63) is 57.6 Å². The van der Waals surface area contributed by atoms with E-state index in [9.17, 15) is 10.2 Å². The first-order valence-corrected chi connectivity index (χ1v) is 18.8. The minimum Gasteiger partial charge on any atom is -0.507 e. The molecule has 1 aliphatic rings. The first kappa shape index (κ1) is 36.2. The second kappa shape index (κ2) is 14.0. The van der Waals surface area contributed by atoms with Crippen LogP contribution in [0.3, 0.4) is 0 Å². The van der Waals surface area contributed by atoms with Crippen LogP contribution < -0.4 is 0 Å². The fourth-order valence-electron chi connectivity index (χ4n) is 5.94. The second-order valence-electron chi connectivity index (χ2n) is 16.7. The Bertz CT molecular complexity index is 1220. The molecule has 43 heavy (non-hydrogen) atoms. The zero-order chi connectivity index (χ0) is 32.4. The third-order valence-corrected chi connectivity index (χ3v) is 12.7. The van der Waals surface area contributed by atoms with E-state index in [-0.39, 0.29) is 21.7 Å². The highest BCUT2D eigenvalue weighted by atomic mass is 32.2. The molecule has 0 saturated heterocycles. The van der Waals surface area contributed by atoms with Crippen LogP contribution in [0.2, 0.25) is 0 Å². The maximum atomic E-state index is 11.6. The molecule has 0 spiro atoms. The summed E-state index contributed by atoms with van der Waals surface area (Å²) in [6.45, 7) is 26.9. The third kappa shape index (κ3) is 9.38. The van der Waals surface area contributed by atoms with E-state index < -0.39 is 0 Å². The maximum Gasteiger partial charge on any atom is 0.123 e. The molecule has 0 bridgehead atoms. The fourth-order valence-corrected chi connectivity index (χ4v) is 9.01. The first-order valence-electron chi connectivity index (χ1n) is 16.7. The lowest BCUT2D eigenvalue weighted by Crippen LogP contribution is -2.23. The van der Waals surface area contributed by atoms with Crippen molar-refractivity contribution in [2.24, 2.45) is 0 Å². The molecule has 4 heteroatoms. The summed E-state index contributed by atoms with van der Waals surface area (Å²) in [5.41, 5.74) is 6.79. The van der Waals surface area contributed by atoms with Gasteiger partial charge < -0.3 is 10.2 Å². The average Bonchev–Trinajstić information content (AvgIpc) is 2.87. The number of thioether (sulfide) groups is 2. The molecule has 1 aliphatic carbocycles. The zero-order valence-corrected chi connectivity index (χ0v) is 31.2. The highest BCUT2D eigenvalue weighted by Gasteiger charge is 2.30. The van der Waals surface area contributed by atoms with E-state index in [2.05, 4.69) is 119 Å². The van der Waals surface area contributed by atoms with Crippen molar-refractivity contribution in [2.45, 2.75) is 172 Å². The molecule has 1 saturated carbocycles. The molecular weight excluding hydrogens is 565 g/mol. The normalized spacial score (nSPS) is 19.3. The summed E-state index contributed by atoms with van der Waals surface area (Å²) < 4.78 is 0. The largest absolute Gasteiger partial charge is 0.507 e. The highest BCUT2D eigenvalue weighted by molar-refractivity contribution is 8.03. The lowest BCUT2D eigenvalue weighted by Gasteiger charge is -2.31. The third-order valence-electron chi connectivity index (χ3n) is 9.58. The molecule has 2 unspecified atom stereocenters. The predicted molar refractivity (Wildman–Crippen MR) is 193 cm³/mol. The molecule has 2 N–H and O–H groups in total. The number of rotatable bonds is 8. The monoisotopic (exact) mass is 626 g/mol. The summed E-state index contributed by atoms with van der Waals surface area (Å²) in [7, 11) is 0. The van der Waals surface area contributed by atoms with Gasteiger partial charge in [0.1, 0.15) is 11.5 Å². The molecule has 0 radical (unpaired) electrons. The van der Waals surface area contributed by atoms with Gasteiger partial charge in [-0.25, -0.2) is 0 Å². The summed E-state index contributed by atoms with van der Waals surface area (Å²) in [6, 6.07) is 9.01. The smallest absolute Gasteiger partial charge is 0.123 e. The SMILES string of the molecule is CCC(C)(C)c1cc(C(C)(C)C)cc(CSC2CCCCCCC2SCc2cc(C(C)(C)C)cc(C(C)(C)C)c2O)c1O. The molecule has 0 amide bonds. The van der Waals surface area contributed by atoms with Crippen LogP contribution in [0.15, 0.2) is 24.3 Å². The van der Waals surface area contributed by atoms with Crippen molar-refractivity contribution in [2.75, 3.05) is 0 Å². The van der Waals surface area contributed by atoms with Gasteiger partial charge in [-0.2, -0.15) is 23.5 Å². The van der Waals surface area contributed by atoms with Gasteiger partial charge in [0.15, 0.2) is 0 Å². The van der Waals surface area contributed by atoms with E-state index in [4.69, 9.17) is 0 Å². The van der Waals surface area contributed by atoms with E-state index in [1.54, 1.807) is 0 Å². The van der Waals surface area contributed by atoms with Crippen molar-refractivity contribution < 1.29 is 10.2 Å². The molecule has 0 heterocycles. The Labute approximate surface area is 273 Å². The highest BCUT2D eigenvalue weighted by Crippen LogP contribution is 2.44. The number of benzene rings is 2. The van der Waals surface area contributed by atoms with Crippen LogP contribution >= 0.6 is 23.5 Å². The van der Waals surface area contributed by atoms with E-state index in [0.717, 1.165) is 40.2 Å². The van der Waals surface area contributed by atoms with Crippen LogP contribution in [0.25, 0.3) is 0 Å². The van der Waals surface area contributed by atoms with Gasteiger partial charge in [-0.05, 0) is 57.6 Å². The number of hydrogen-bond acceptors (Lipinski definition) is 4. The second-order valence-corrected chi connectivity index (χ2v) is 19.2. The Morgan fingerprint density at radius 2 is 0.977 bits per heavy atom. The molecule has 2 aromatic carbocycles. The van der Waals surface area contributed by atoms with E-state index in [0.29, 0.717) is 22.0 Å². The molecule has 2 aromatic rings. The molecular formula is C39H62O2S2. The topological polar surface area (TPSA) is 40.5 Å². The number of hydrogen-bond donors (Lipinski definition) is 2. The number of aromatic hydroxyl groups is 2. The van der Waals surface area contributed by atoms with Crippen LogP contribution in [0.1, 0.15) is 161 Å². The van der Waals surface area contributed by atoms with Gasteiger partial charge in [0.2, 0.25) is 0 Å². The van der Waals surface area contributed by atoms with Crippen molar-refractivity contribution >= 4 is 23.5 Å². The fraction of sp³-hybridized carbons (Fsp3) is 0.692. The van der Waals surface area contributed by atoms with Gasteiger partial charge in [-0.1, -0.05) is 133 Å². The quantitative estimate of drug-likeness (QED) is 0.306. The Kier molecular flexibility index (Phi) is 11.8. The van der Waals surface area contributed by atoms with Gasteiger partial charge in [-0.3, -0.25) is 0 Å². The maximum absolute atomic E-state index is 11.6. The number of phenolic OH excluding ortho intramolecular Hbond substituents is 2. The van der Waals surface area contributed by atoms with Crippen LogP contribution in [0, 0.1) is 0 Å². The van der Waals surface area contributed by atoms with Crippen LogP contribution in [0.5, 0.6) is 11.5 Å². The lowest BCUT2D eigenvalue weighted by molar-refractivity contribution is 0.423. The van der Waals surface area contributed by atoms with Gasteiger partial charge in [0.25, 0.3) is 0 Å². The van der Waals surface area contributed by atoms with Gasteiger partial charge in [-0.15, -0.1) is 0 Å². The standard InChI is InChI=1S/C39H62O2S2/c1-13-39(11,12)31-23-29(37(5,6)7)21-27(35(31)41)25-43-33-19-17-15-14-16-18-32(33)42-24-26-20-28(36(2,3)4)22-30(34(26)40)38(8,9)10/h20-23,32-33,40-41H,13-19,24-25H2,1-12H3. The van der Waals surface area contributed by atoms with E-state index >= 15 is 0 Å².